The Bertz CT molecular complexity index is 2620. The van der Waals surface area contributed by atoms with E-state index in [9.17, 15) is 14.4 Å². The van der Waals surface area contributed by atoms with Crippen LogP contribution in [-0.4, -0.2) is 117 Å². The van der Waals surface area contributed by atoms with Gasteiger partial charge < -0.3 is 52.3 Å². The number of carbonyl (C=O) groups excluding carboxylic acids is 3. The van der Waals surface area contributed by atoms with Crippen LogP contribution >= 0.6 is 22.6 Å². The minimum absolute atomic E-state index is 0.0903. The van der Waals surface area contributed by atoms with Crippen molar-refractivity contribution in [2.75, 3.05) is 50.3 Å². The Morgan fingerprint density at radius 1 is 0.649 bits per heavy atom. The number of hydrogen-bond donors (Lipinski definition) is 0. The molecule has 0 N–H and O–H groups in total. The number of ether oxygens (including phenoxy) is 10. The highest BCUT2D eigenvalue weighted by atomic mass is 127. The number of hydrogen-bond acceptors (Lipinski definition) is 14. The van der Waals surface area contributed by atoms with Crippen LogP contribution in [0.2, 0.25) is 0 Å². The zero-order valence-electron chi connectivity index (χ0n) is 44.0. The summed E-state index contributed by atoms with van der Waals surface area (Å²) in [5.41, 5.74) is 3.87. The zero-order chi connectivity index (χ0) is 52.6. The highest BCUT2D eigenvalue weighted by Crippen LogP contribution is 2.46. The summed E-state index contributed by atoms with van der Waals surface area (Å²) >= 11 is 2.27. The van der Waals surface area contributed by atoms with E-state index in [2.05, 4.69) is 40.6 Å². The van der Waals surface area contributed by atoms with Gasteiger partial charge in [-0.25, -0.2) is 19.4 Å². The first-order valence-electron chi connectivity index (χ1n) is 25.7. The van der Waals surface area contributed by atoms with Crippen molar-refractivity contribution < 1.29 is 61.8 Å². The first kappa shape index (κ1) is 53.7. The molecule has 6 heterocycles. The molecule has 0 radical (unpaired) electrons. The number of halogens is 1. The molecule has 400 valence electrons. The summed E-state index contributed by atoms with van der Waals surface area (Å²) in [6.07, 6.45) is 2.19. The fourth-order valence-corrected chi connectivity index (χ4v) is 11.3. The fraction of sp³-hybridized carbons (Fsp3) is 0.554. The van der Waals surface area contributed by atoms with Crippen molar-refractivity contribution in [1.82, 2.24) is 9.80 Å². The van der Waals surface area contributed by atoms with Crippen molar-refractivity contribution in [1.29, 1.82) is 0 Å². The van der Waals surface area contributed by atoms with Gasteiger partial charge in [-0.15, -0.1) is 0 Å². The van der Waals surface area contributed by atoms with Crippen LogP contribution in [0.5, 0.6) is 23.0 Å². The maximum Gasteiger partial charge on any atom is 0.417 e. The van der Waals surface area contributed by atoms with E-state index in [1.165, 1.54) is 12.0 Å². The molecule has 3 unspecified atom stereocenters. The van der Waals surface area contributed by atoms with Crippen LogP contribution < -0.4 is 28.7 Å². The first-order valence-corrected chi connectivity index (χ1v) is 26.8. The van der Waals surface area contributed by atoms with Gasteiger partial charge in [-0.1, -0.05) is 24.3 Å². The van der Waals surface area contributed by atoms with Crippen molar-refractivity contribution in [3.05, 3.63) is 92.6 Å². The molecule has 3 aromatic carbocycles. The standard InChI is InChI=1S/C56H71IN4O13/c1-33-19-42-51(71-48-15-11-13-17-67-48)60(53(63)73-55(3,4)5)40-26-46(44(65-9)24-37(40)30-58(42)28-33)69-31-35-21-36(23-38(57)22-35)32-70-47-27-41-39(25-45(47)66-10)50(62)59-29-34(2)20-43(59)52(72-49-16-12-14-18-68-49)61(41)54(64)74-56(6,7)8/h21-27,42-43,48-49,51-52H,1-2,11-20,28-32H2,3-10H3/t42-,43-,48?,49?,51-,52?/m0/s1. The summed E-state index contributed by atoms with van der Waals surface area (Å²) in [4.78, 5) is 50.7. The number of benzene rings is 3. The SMILES string of the molecule is C=C1C[C@H]2[C@H](OC3CCCCO3)N(C(=O)OC(C)(C)C)c3cc(OCc4cc(I)cc(COc5cc6c(cc5OC)C(=O)N5CC(=C)C[C@H]5C(OC5CCCCO5)N6C(=O)OC(C)(C)C)c4)c(OC)cc3CN2C1. The van der Waals surface area contributed by atoms with Crippen LogP contribution in [0.3, 0.4) is 0 Å². The number of amides is 3. The molecular weight excluding hydrogens is 1060 g/mol. The third-order valence-electron chi connectivity index (χ3n) is 13.7. The maximum absolute atomic E-state index is 14.6. The molecule has 0 bridgehead atoms. The molecule has 3 aromatic rings. The Morgan fingerprint density at radius 3 is 1.70 bits per heavy atom. The molecule has 4 saturated heterocycles. The average Bonchev–Trinajstić information content (AvgIpc) is 3.87. The largest absolute Gasteiger partial charge is 0.493 e. The van der Waals surface area contributed by atoms with Gasteiger partial charge in [-0.2, -0.15) is 0 Å². The number of anilines is 2. The van der Waals surface area contributed by atoms with Crippen LogP contribution in [0, 0.1) is 3.57 Å². The normalized spacial score (nSPS) is 24.3. The lowest BCUT2D eigenvalue weighted by Crippen LogP contribution is -2.54. The lowest BCUT2D eigenvalue weighted by atomic mass is 10.1. The van der Waals surface area contributed by atoms with E-state index >= 15 is 0 Å². The third kappa shape index (κ3) is 12.1. The van der Waals surface area contributed by atoms with Crippen LogP contribution in [0.25, 0.3) is 0 Å². The van der Waals surface area contributed by atoms with Gasteiger partial charge >= 0.3 is 12.2 Å². The van der Waals surface area contributed by atoms with E-state index in [4.69, 9.17) is 47.4 Å². The van der Waals surface area contributed by atoms with E-state index < -0.39 is 54.5 Å². The Balaban J connectivity index is 1.01. The van der Waals surface area contributed by atoms with E-state index in [-0.39, 0.29) is 36.4 Å². The van der Waals surface area contributed by atoms with Crippen molar-refractivity contribution in [3.8, 4) is 23.0 Å². The highest BCUT2D eigenvalue weighted by molar-refractivity contribution is 14.1. The predicted octanol–water partition coefficient (Wildman–Crippen LogP) is 10.6. The van der Waals surface area contributed by atoms with Crippen molar-refractivity contribution in [3.63, 3.8) is 0 Å². The molecule has 9 rings (SSSR count). The minimum atomic E-state index is -0.959. The Morgan fingerprint density at radius 2 is 1.16 bits per heavy atom. The van der Waals surface area contributed by atoms with E-state index in [1.807, 2.05) is 51.1 Å². The number of rotatable bonds is 12. The average molecular weight is 1140 g/mol. The van der Waals surface area contributed by atoms with Crippen LogP contribution in [0.15, 0.2) is 66.8 Å². The Kier molecular flexibility index (Phi) is 16.1. The summed E-state index contributed by atoms with van der Waals surface area (Å²) in [7, 11) is 3.11. The summed E-state index contributed by atoms with van der Waals surface area (Å²) < 4.78 is 63.8. The molecule has 0 saturated carbocycles. The van der Waals surface area contributed by atoms with Gasteiger partial charge in [0.25, 0.3) is 5.91 Å². The molecule has 3 amide bonds. The molecule has 0 spiro atoms. The number of fused-ring (bicyclic) bond motifs is 4. The van der Waals surface area contributed by atoms with E-state index in [0.717, 1.165) is 63.5 Å². The van der Waals surface area contributed by atoms with Gasteiger partial charge in [0, 0.05) is 48.6 Å². The second kappa shape index (κ2) is 22.2. The smallest absolute Gasteiger partial charge is 0.417 e. The maximum atomic E-state index is 14.6. The summed E-state index contributed by atoms with van der Waals surface area (Å²) in [5.74, 6) is 1.24. The van der Waals surface area contributed by atoms with Gasteiger partial charge in [-0.3, -0.25) is 9.69 Å². The molecule has 17 nitrogen and oxygen atoms in total. The van der Waals surface area contributed by atoms with Crippen molar-refractivity contribution >= 4 is 52.1 Å². The quantitative estimate of drug-likeness (QED) is 0.125. The molecule has 0 aliphatic carbocycles. The fourth-order valence-electron chi connectivity index (χ4n) is 10.5. The van der Waals surface area contributed by atoms with Crippen LogP contribution in [0.1, 0.15) is 120 Å². The molecule has 6 atom stereocenters. The lowest BCUT2D eigenvalue weighted by Gasteiger charge is -2.39. The predicted molar refractivity (Wildman–Crippen MR) is 285 cm³/mol. The molecule has 74 heavy (non-hydrogen) atoms. The summed E-state index contributed by atoms with van der Waals surface area (Å²) in [6, 6.07) is 12.3. The summed E-state index contributed by atoms with van der Waals surface area (Å²) in [6.45, 7) is 22.3. The Hall–Kier alpha value is -5.12. The van der Waals surface area contributed by atoms with Gasteiger partial charge in [0.1, 0.15) is 24.4 Å². The minimum Gasteiger partial charge on any atom is -0.493 e. The van der Waals surface area contributed by atoms with E-state index in [0.29, 0.717) is 80.8 Å². The number of carbonyl (C=O) groups is 3. The third-order valence-corrected chi connectivity index (χ3v) is 14.4. The lowest BCUT2D eigenvalue weighted by molar-refractivity contribution is -0.197. The number of nitrogens with zero attached hydrogens (tertiary/aromatic N) is 4. The molecular formula is C56H71IN4O13. The highest BCUT2D eigenvalue weighted by Gasteiger charge is 2.50. The molecule has 18 heteroatoms. The Labute approximate surface area is 448 Å². The van der Waals surface area contributed by atoms with Gasteiger partial charge in [0.2, 0.25) is 0 Å². The van der Waals surface area contributed by atoms with Crippen LogP contribution in [0.4, 0.5) is 21.0 Å². The van der Waals surface area contributed by atoms with Gasteiger partial charge in [0.15, 0.2) is 48.0 Å². The molecule has 6 aliphatic heterocycles. The van der Waals surface area contributed by atoms with Gasteiger partial charge in [-0.05, 0) is 163 Å². The van der Waals surface area contributed by atoms with Crippen molar-refractivity contribution in [2.45, 2.75) is 161 Å². The van der Waals surface area contributed by atoms with Gasteiger partial charge in [0.05, 0.1) is 43.2 Å². The number of methoxy groups -OCH3 is 2. The molecule has 0 aromatic heterocycles. The molecule has 4 fully saturated rings. The molecule has 6 aliphatic rings. The second-order valence-corrected chi connectivity index (χ2v) is 23.2. The van der Waals surface area contributed by atoms with Crippen molar-refractivity contribution in [2.24, 2.45) is 0 Å². The topological polar surface area (TPSA) is 156 Å². The first-order chi connectivity index (χ1) is 35.2. The van der Waals surface area contributed by atoms with E-state index in [1.54, 1.807) is 49.8 Å². The zero-order valence-corrected chi connectivity index (χ0v) is 46.2. The second-order valence-electron chi connectivity index (χ2n) is 21.9. The summed E-state index contributed by atoms with van der Waals surface area (Å²) in [5, 5.41) is 0. The monoisotopic (exact) mass is 1130 g/mol. The van der Waals surface area contributed by atoms with Crippen LogP contribution in [-0.2, 0) is 48.2 Å².